The molecule has 168 valence electrons. The van der Waals surface area contributed by atoms with E-state index in [2.05, 4.69) is 10.6 Å². The largest absolute Gasteiger partial charge is 0.482 e. The molecule has 1 aliphatic rings. The lowest BCUT2D eigenvalue weighted by molar-refractivity contribution is -0.144. The van der Waals surface area contributed by atoms with Crippen molar-refractivity contribution in [3.8, 4) is 5.75 Å². The van der Waals surface area contributed by atoms with E-state index in [0.29, 0.717) is 16.3 Å². The van der Waals surface area contributed by atoms with E-state index < -0.39 is 24.4 Å². The number of thiophene rings is 1. The Labute approximate surface area is 193 Å². The smallest absolute Gasteiger partial charge is 0.329 e. The molecule has 0 spiro atoms. The predicted molar refractivity (Wildman–Crippen MR) is 122 cm³/mol. The van der Waals surface area contributed by atoms with Gasteiger partial charge in [0.15, 0.2) is 19.0 Å². The highest BCUT2D eigenvalue weighted by Crippen LogP contribution is 2.28. The van der Waals surface area contributed by atoms with Crippen molar-refractivity contribution in [2.75, 3.05) is 18.5 Å². The fourth-order valence-electron chi connectivity index (χ4n) is 3.26. The van der Waals surface area contributed by atoms with Crippen LogP contribution in [0.15, 0.2) is 66.0 Å². The van der Waals surface area contributed by atoms with E-state index in [1.54, 1.807) is 23.6 Å². The number of fused-ring (bicyclic) bond motifs is 1. The van der Waals surface area contributed by atoms with Crippen molar-refractivity contribution in [3.05, 3.63) is 82.0 Å². The molecule has 0 fully saturated rings. The van der Waals surface area contributed by atoms with Gasteiger partial charge >= 0.3 is 5.97 Å². The molecule has 1 aliphatic heterocycles. The van der Waals surface area contributed by atoms with Gasteiger partial charge in [-0.3, -0.25) is 14.4 Å². The molecular weight excluding hydrogens is 444 g/mol. The minimum absolute atomic E-state index is 0.0854. The number of hydrogen-bond donors (Lipinski definition) is 2. The SMILES string of the molecule is O=C1COc2ccc(C(=O)COC(=O)C(Cc3ccccc3)NC(=O)c3cccs3)cc2N1. The molecule has 2 aromatic carbocycles. The minimum Gasteiger partial charge on any atom is -0.482 e. The van der Waals surface area contributed by atoms with Gasteiger partial charge in [0.25, 0.3) is 11.8 Å². The van der Waals surface area contributed by atoms with E-state index >= 15 is 0 Å². The molecule has 2 amide bonds. The molecule has 0 aliphatic carbocycles. The molecule has 33 heavy (non-hydrogen) atoms. The number of ether oxygens (including phenoxy) is 2. The lowest BCUT2D eigenvalue weighted by atomic mass is 10.1. The number of amides is 2. The summed E-state index contributed by atoms with van der Waals surface area (Å²) in [4.78, 5) is 49.9. The summed E-state index contributed by atoms with van der Waals surface area (Å²) in [6.07, 6.45) is 0.215. The minimum atomic E-state index is -0.967. The van der Waals surface area contributed by atoms with Crippen LogP contribution in [-0.2, 0) is 20.7 Å². The number of hydrogen-bond acceptors (Lipinski definition) is 7. The maximum Gasteiger partial charge on any atom is 0.329 e. The average Bonchev–Trinajstić information content (AvgIpc) is 3.37. The molecule has 8 nitrogen and oxygen atoms in total. The van der Waals surface area contributed by atoms with Crippen LogP contribution < -0.4 is 15.4 Å². The predicted octanol–water partition coefficient (Wildman–Crippen LogP) is 2.85. The number of anilines is 1. The third-order valence-corrected chi connectivity index (χ3v) is 5.77. The average molecular weight is 464 g/mol. The van der Waals surface area contributed by atoms with E-state index in [1.165, 1.54) is 23.5 Å². The molecule has 2 N–H and O–H groups in total. The normalized spacial score (nSPS) is 13.2. The van der Waals surface area contributed by atoms with Crippen LogP contribution in [0.25, 0.3) is 0 Å². The molecule has 0 saturated heterocycles. The quantitative estimate of drug-likeness (QED) is 0.392. The van der Waals surface area contributed by atoms with Gasteiger partial charge in [-0.15, -0.1) is 11.3 Å². The number of carbonyl (C=O) groups is 4. The first-order chi connectivity index (χ1) is 16.0. The van der Waals surface area contributed by atoms with Crippen LogP contribution in [0, 0.1) is 0 Å². The highest BCUT2D eigenvalue weighted by molar-refractivity contribution is 7.12. The Kier molecular flexibility index (Phi) is 6.80. The van der Waals surface area contributed by atoms with E-state index in [9.17, 15) is 19.2 Å². The number of rotatable bonds is 8. The number of ketones is 1. The van der Waals surface area contributed by atoms with Crippen molar-refractivity contribution in [2.45, 2.75) is 12.5 Å². The highest BCUT2D eigenvalue weighted by Gasteiger charge is 2.25. The lowest BCUT2D eigenvalue weighted by Crippen LogP contribution is -2.43. The first-order valence-corrected chi connectivity index (χ1v) is 11.0. The molecule has 3 aromatic rings. The highest BCUT2D eigenvalue weighted by atomic mass is 32.1. The molecule has 9 heteroatoms. The molecule has 0 bridgehead atoms. The zero-order chi connectivity index (χ0) is 23.2. The van der Waals surface area contributed by atoms with Gasteiger partial charge in [-0.25, -0.2) is 4.79 Å². The van der Waals surface area contributed by atoms with Crippen molar-refractivity contribution in [3.63, 3.8) is 0 Å². The van der Waals surface area contributed by atoms with Crippen LogP contribution in [0.1, 0.15) is 25.6 Å². The fraction of sp³-hybridized carbons (Fsp3) is 0.167. The second-order valence-electron chi connectivity index (χ2n) is 7.27. The number of carbonyl (C=O) groups excluding carboxylic acids is 4. The topological polar surface area (TPSA) is 111 Å². The first kappa shape index (κ1) is 22.2. The fourth-order valence-corrected chi connectivity index (χ4v) is 3.88. The van der Waals surface area contributed by atoms with Crippen LogP contribution >= 0.6 is 11.3 Å². The Bertz CT molecular complexity index is 1180. The summed E-state index contributed by atoms with van der Waals surface area (Å²) >= 11 is 1.26. The monoisotopic (exact) mass is 464 g/mol. The maximum absolute atomic E-state index is 12.8. The van der Waals surface area contributed by atoms with Crippen LogP contribution in [0.2, 0.25) is 0 Å². The van der Waals surface area contributed by atoms with E-state index in [1.807, 2.05) is 30.3 Å². The third kappa shape index (κ3) is 5.64. The van der Waals surface area contributed by atoms with Crippen LogP contribution in [0.5, 0.6) is 5.75 Å². The van der Waals surface area contributed by atoms with Gasteiger partial charge in [-0.05, 0) is 35.2 Å². The van der Waals surface area contributed by atoms with Crippen molar-refractivity contribution < 1.29 is 28.7 Å². The van der Waals surface area contributed by atoms with Crippen molar-refractivity contribution in [1.82, 2.24) is 5.32 Å². The van der Waals surface area contributed by atoms with Gasteiger partial charge in [0.05, 0.1) is 10.6 Å². The van der Waals surface area contributed by atoms with Crippen LogP contribution in [-0.4, -0.2) is 42.8 Å². The zero-order valence-corrected chi connectivity index (χ0v) is 18.2. The van der Waals surface area contributed by atoms with Crippen molar-refractivity contribution in [2.24, 2.45) is 0 Å². The number of Topliss-reactive ketones (excluding diaryl/α,β-unsaturated/α-hetero) is 1. The summed E-state index contributed by atoms with van der Waals surface area (Å²) in [6.45, 7) is -0.593. The van der Waals surface area contributed by atoms with Gasteiger partial charge in [-0.1, -0.05) is 36.4 Å². The van der Waals surface area contributed by atoms with Gasteiger partial charge in [0, 0.05) is 12.0 Å². The van der Waals surface area contributed by atoms with Gasteiger partial charge in [-0.2, -0.15) is 0 Å². The van der Waals surface area contributed by atoms with Crippen molar-refractivity contribution >= 4 is 40.6 Å². The summed E-state index contributed by atoms with van der Waals surface area (Å²) < 4.78 is 10.5. The van der Waals surface area contributed by atoms with Crippen LogP contribution in [0.4, 0.5) is 5.69 Å². The molecule has 1 unspecified atom stereocenters. The second-order valence-corrected chi connectivity index (χ2v) is 8.22. The Balaban J connectivity index is 1.42. The zero-order valence-electron chi connectivity index (χ0n) is 17.4. The Morgan fingerprint density at radius 3 is 2.67 bits per heavy atom. The van der Waals surface area contributed by atoms with Gasteiger partial charge in [0.1, 0.15) is 11.8 Å². The van der Waals surface area contributed by atoms with E-state index in [4.69, 9.17) is 9.47 Å². The van der Waals surface area contributed by atoms with Crippen LogP contribution in [0.3, 0.4) is 0 Å². The lowest BCUT2D eigenvalue weighted by Gasteiger charge is -2.19. The molecular formula is C24H20N2O6S. The molecule has 4 rings (SSSR count). The Morgan fingerprint density at radius 2 is 1.91 bits per heavy atom. The Morgan fingerprint density at radius 1 is 1.09 bits per heavy atom. The second kappa shape index (κ2) is 10.1. The van der Waals surface area contributed by atoms with Crippen molar-refractivity contribution in [1.29, 1.82) is 0 Å². The summed E-state index contributed by atoms with van der Waals surface area (Å²) in [5, 5.41) is 7.10. The summed E-state index contributed by atoms with van der Waals surface area (Å²) in [5.74, 6) is -1.41. The third-order valence-electron chi connectivity index (χ3n) is 4.90. The summed E-state index contributed by atoms with van der Waals surface area (Å²) in [7, 11) is 0. The summed E-state index contributed by atoms with van der Waals surface area (Å²) in [6, 6.07) is 16.2. The first-order valence-electron chi connectivity index (χ1n) is 10.1. The van der Waals surface area contributed by atoms with Gasteiger partial charge < -0.3 is 20.1 Å². The van der Waals surface area contributed by atoms with E-state index in [-0.39, 0.29) is 30.4 Å². The van der Waals surface area contributed by atoms with E-state index in [0.717, 1.165) is 5.56 Å². The number of nitrogens with one attached hydrogen (secondary N) is 2. The molecule has 2 heterocycles. The maximum atomic E-state index is 12.8. The Hall–Kier alpha value is -3.98. The molecule has 0 saturated carbocycles. The molecule has 1 atom stereocenters. The standard InChI is InChI=1S/C24H20N2O6S/c27-19(16-8-9-20-17(12-16)25-22(28)14-31-20)13-32-24(30)18(11-15-5-2-1-3-6-15)26-23(29)21-7-4-10-33-21/h1-10,12,18H,11,13-14H2,(H,25,28)(H,26,29). The van der Waals surface area contributed by atoms with Gasteiger partial charge in [0.2, 0.25) is 0 Å². The number of esters is 1. The summed E-state index contributed by atoms with van der Waals surface area (Å²) in [5.41, 5.74) is 1.48. The molecule has 1 aromatic heterocycles. The number of benzene rings is 2. The molecule has 0 radical (unpaired) electrons.